The fraction of sp³-hybridized carbons (Fsp3) is 0.500. The summed E-state index contributed by atoms with van der Waals surface area (Å²) in [5.74, 6) is 0. The third-order valence-corrected chi connectivity index (χ3v) is 3.04. The predicted molar refractivity (Wildman–Crippen MR) is 73.0 cm³/mol. The van der Waals surface area contributed by atoms with Gasteiger partial charge in [-0.3, -0.25) is 0 Å². The number of rotatable bonds is 3. The van der Waals surface area contributed by atoms with Crippen LogP contribution in [0.2, 0.25) is 0 Å². The van der Waals surface area contributed by atoms with Crippen molar-refractivity contribution in [1.29, 1.82) is 0 Å². The smallest absolute Gasteiger partial charge is 0.0132 e. The predicted octanol–water partition coefficient (Wildman–Crippen LogP) is 4.80. The summed E-state index contributed by atoms with van der Waals surface area (Å²) in [7, 11) is 0. The number of benzene rings is 1. The number of hydrogen-bond acceptors (Lipinski definition) is 0. The van der Waals surface area contributed by atoms with Gasteiger partial charge in [0.2, 0.25) is 0 Å². The summed E-state index contributed by atoms with van der Waals surface area (Å²) < 4.78 is 0. The van der Waals surface area contributed by atoms with E-state index in [2.05, 4.69) is 59.4 Å². The van der Waals surface area contributed by atoms with E-state index in [0.29, 0.717) is 0 Å². The lowest BCUT2D eigenvalue weighted by molar-refractivity contribution is 0.589. The Morgan fingerprint density at radius 2 is 1.88 bits per heavy atom. The fourth-order valence-corrected chi connectivity index (χ4v) is 1.76. The molecular weight excluding hydrogens is 192 g/mol. The third kappa shape index (κ3) is 3.52. The number of aryl methyl sites for hydroxylation is 2. The quantitative estimate of drug-likeness (QED) is 0.637. The number of hydrogen-bond donors (Lipinski definition) is 0. The van der Waals surface area contributed by atoms with Crippen molar-refractivity contribution < 1.29 is 0 Å². The van der Waals surface area contributed by atoms with Gasteiger partial charge in [0.05, 0.1) is 0 Å². The van der Waals surface area contributed by atoms with E-state index >= 15 is 0 Å². The molecule has 0 bridgehead atoms. The zero-order valence-electron chi connectivity index (χ0n) is 11.4. The summed E-state index contributed by atoms with van der Waals surface area (Å²) in [6.45, 7) is 15.1. The standard InChI is InChI=1S/C16H24/c1-12(2)7-9-14-11-15(16(4,5)6)10-8-13(14)3/h8,10-11H,1,7,9H2,2-6H3. The molecule has 0 aliphatic carbocycles. The summed E-state index contributed by atoms with van der Waals surface area (Å²) in [6, 6.07) is 6.85. The highest BCUT2D eigenvalue weighted by atomic mass is 14.2. The molecule has 1 rings (SSSR count). The second-order valence-corrected chi connectivity index (χ2v) is 5.85. The van der Waals surface area contributed by atoms with Gasteiger partial charge in [-0.1, -0.05) is 44.5 Å². The van der Waals surface area contributed by atoms with Gasteiger partial charge >= 0.3 is 0 Å². The Hall–Kier alpha value is -1.04. The van der Waals surface area contributed by atoms with Crippen molar-refractivity contribution in [2.24, 2.45) is 0 Å². The maximum atomic E-state index is 3.97. The first-order chi connectivity index (χ1) is 7.30. The third-order valence-electron chi connectivity index (χ3n) is 3.04. The minimum Gasteiger partial charge on any atom is -0.100 e. The fourth-order valence-electron chi connectivity index (χ4n) is 1.76. The van der Waals surface area contributed by atoms with Crippen LogP contribution in [-0.4, -0.2) is 0 Å². The van der Waals surface area contributed by atoms with E-state index < -0.39 is 0 Å². The van der Waals surface area contributed by atoms with Gasteiger partial charge in [-0.05, 0) is 48.8 Å². The van der Waals surface area contributed by atoms with E-state index in [9.17, 15) is 0 Å². The lowest BCUT2D eigenvalue weighted by Gasteiger charge is -2.21. The van der Waals surface area contributed by atoms with Crippen LogP contribution in [0.25, 0.3) is 0 Å². The largest absolute Gasteiger partial charge is 0.100 e. The molecular formula is C16H24. The molecule has 0 N–H and O–H groups in total. The average molecular weight is 216 g/mol. The summed E-state index contributed by atoms with van der Waals surface area (Å²) in [5, 5.41) is 0. The van der Waals surface area contributed by atoms with Gasteiger partial charge in [-0.2, -0.15) is 0 Å². The van der Waals surface area contributed by atoms with E-state index in [4.69, 9.17) is 0 Å². The topological polar surface area (TPSA) is 0 Å². The molecule has 0 spiro atoms. The zero-order valence-corrected chi connectivity index (χ0v) is 11.4. The number of allylic oxidation sites excluding steroid dienone is 1. The van der Waals surface area contributed by atoms with Crippen LogP contribution >= 0.6 is 0 Å². The molecule has 0 saturated carbocycles. The summed E-state index contributed by atoms with van der Waals surface area (Å²) in [6.07, 6.45) is 2.21. The van der Waals surface area contributed by atoms with Crippen LogP contribution in [0.4, 0.5) is 0 Å². The van der Waals surface area contributed by atoms with Crippen LogP contribution in [0.15, 0.2) is 30.4 Å². The van der Waals surface area contributed by atoms with Crippen LogP contribution in [-0.2, 0) is 11.8 Å². The van der Waals surface area contributed by atoms with Crippen LogP contribution in [0, 0.1) is 6.92 Å². The molecule has 0 radical (unpaired) electrons. The van der Waals surface area contributed by atoms with Crippen molar-refractivity contribution in [1.82, 2.24) is 0 Å². The first-order valence-electron chi connectivity index (χ1n) is 6.05. The van der Waals surface area contributed by atoms with E-state index in [1.54, 1.807) is 0 Å². The van der Waals surface area contributed by atoms with Crippen molar-refractivity contribution in [2.45, 2.75) is 52.9 Å². The first kappa shape index (κ1) is 13.0. The highest BCUT2D eigenvalue weighted by Crippen LogP contribution is 2.25. The molecule has 1 aromatic carbocycles. The van der Waals surface area contributed by atoms with Crippen molar-refractivity contribution >= 4 is 0 Å². The van der Waals surface area contributed by atoms with Crippen LogP contribution < -0.4 is 0 Å². The van der Waals surface area contributed by atoms with E-state index in [0.717, 1.165) is 12.8 Å². The highest BCUT2D eigenvalue weighted by Gasteiger charge is 2.14. The monoisotopic (exact) mass is 216 g/mol. The first-order valence-corrected chi connectivity index (χ1v) is 6.05. The Balaban J connectivity index is 2.95. The Bertz CT molecular complexity index is 378. The molecule has 0 saturated heterocycles. The van der Waals surface area contributed by atoms with Crippen molar-refractivity contribution in [3.05, 3.63) is 47.0 Å². The molecule has 0 aliphatic rings. The van der Waals surface area contributed by atoms with Gasteiger partial charge in [-0.15, -0.1) is 6.58 Å². The van der Waals surface area contributed by atoms with Crippen LogP contribution in [0.3, 0.4) is 0 Å². The van der Waals surface area contributed by atoms with Gasteiger partial charge in [0.15, 0.2) is 0 Å². The van der Waals surface area contributed by atoms with Gasteiger partial charge in [-0.25, -0.2) is 0 Å². The Morgan fingerprint density at radius 3 is 2.38 bits per heavy atom. The van der Waals surface area contributed by atoms with E-state index in [-0.39, 0.29) is 5.41 Å². The van der Waals surface area contributed by atoms with Crippen molar-refractivity contribution in [3.63, 3.8) is 0 Å². The lowest BCUT2D eigenvalue weighted by Crippen LogP contribution is -2.11. The normalized spacial score (nSPS) is 11.6. The molecule has 0 nitrogen and oxygen atoms in total. The molecule has 0 fully saturated rings. The van der Waals surface area contributed by atoms with Gasteiger partial charge in [0.1, 0.15) is 0 Å². The van der Waals surface area contributed by atoms with Crippen molar-refractivity contribution in [3.8, 4) is 0 Å². The molecule has 0 atom stereocenters. The molecule has 0 unspecified atom stereocenters. The average Bonchev–Trinajstić information content (AvgIpc) is 2.14. The molecule has 0 amide bonds. The highest BCUT2D eigenvalue weighted by molar-refractivity contribution is 5.34. The Labute approximate surface area is 100 Å². The lowest BCUT2D eigenvalue weighted by atomic mass is 9.84. The molecule has 16 heavy (non-hydrogen) atoms. The van der Waals surface area contributed by atoms with Gasteiger partial charge < -0.3 is 0 Å². The van der Waals surface area contributed by atoms with Crippen molar-refractivity contribution in [2.75, 3.05) is 0 Å². The maximum Gasteiger partial charge on any atom is -0.0132 e. The SMILES string of the molecule is C=C(C)CCc1cc(C(C)(C)C)ccc1C. The summed E-state index contributed by atoms with van der Waals surface area (Å²) in [4.78, 5) is 0. The summed E-state index contributed by atoms with van der Waals surface area (Å²) >= 11 is 0. The molecule has 0 heterocycles. The minimum atomic E-state index is 0.242. The second kappa shape index (κ2) is 4.86. The van der Waals surface area contributed by atoms with Gasteiger partial charge in [0, 0.05) is 0 Å². The molecule has 0 aliphatic heterocycles. The summed E-state index contributed by atoms with van der Waals surface area (Å²) in [5.41, 5.74) is 5.80. The zero-order chi connectivity index (χ0) is 12.3. The van der Waals surface area contributed by atoms with Crippen LogP contribution in [0.1, 0.15) is 50.8 Å². The molecule has 88 valence electrons. The van der Waals surface area contributed by atoms with Gasteiger partial charge in [0.25, 0.3) is 0 Å². The Kier molecular flexibility index (Phi) is 3.96. The second-order valence-electron chi connectivity index (χ2n) is 5.85. The molecule has 1 aromatic rings. The molecule has 0 heteroatoms. The van der Waals surface area contributed by atoms with E-state index in [1.807, 2.05) is 0 Å². The Morgan fingerprint density at radius 1 is 1.25 bits per heavy atom. The van der Waals surface area contributed by atoms with E-state index in [1.165, 1.54) is 22.3 Å². The van der Waals surface area contributed by atoms with Crippen LogP contribution in [0.5, 0.6) is 0 Å². The maximum absolute atomic E-state index is 3.97. The molecule has 0 aromatic heterocycles. The minimum absolute atomic E-state index is 0.242.